The molecule has 4 heterocycles. The highest BCUT2D eigenvalue weighted by atomic mass is 16.7. The van der Waals surface area contributed by atoms with Gasteiger partial charge >= 0.3 is 5.97 Å². The molecule has 3 fully saturated rings. The first-order valence-corrected chi connectivity index (χ1v) is 18.4. The second-order valence-corrected chi connectivity index (χ2v) is 17.0. The number of aliphatic hydroxyl groups excluding tert-OH is 1. The van der Waals surface area contributed by atoms with Crippen molar-refractivity contribution in [1.29, 1.82) is 0 Å². The van der Waals surface area contributed by atoms with Crippen LogP contribution in [-0.4, -0.2) is 107 Å². The summed E-state index contributed by atoms with van der Waals surface area (Å²) in [6.07, 6.45) is -3.17. The first-order chi connectivity index (χ1) is 22.5. The number of carbonyl (C=O) groups is 2. The van der Waals surface area contributed by atoms with Crippen LogP contribution in [0.1, 0.15) is 109 Å². The van der Waals surface area contributed by atoms with Crippen LogP contribution >= 0.6 is 0 Å². The average molecular weight is 696 g/mol. The van der Waals surface area contributed by atoms with Crippen LogP contribution in [0.2, 0.25) is 0 Å². The summed E-state index contributed by atoms with van der Waals surface area (Å²) < 4.78 is 39.5. The number of allylic oxidation sites excluding steroid dienone is 1. The van der Waals surface area contributed by atoms with Gasteiger partial charge in [-0.25, -0.2) is 0 Å². The highest BCUT2D eigenvalue weighted by Crippen LogP contribution is 2.47. The molecular formula is C38H65NO10. The third kappa shape index (κ3) is 7.93. The number of hydrogen-bond donors (Lipinski definition) is 2. The summed E-state index contributed by atoms with van der Waals surface area (Å²) in [5.41, 5.74) is -2.55. The molecule has 4 aliphatic heterocycles. The van der Waals surface area contributed by atoms with Gasteiger partial charge in [0, 0.05) is 30.7 Å². The highest BCUT2D eigenvalue weighted by molar-refractivity contribution is 5.91. The summed E-state index contributed by atoms with van der Waals surface area (Å²) in [7, 11) is 4.13. The van der Waals surface area contributed by atoms with Crippen LogP contribution in [0, 0.1) is 29.1 Å². The van der Waals surface area contributed by atoms with Crippen molar-refractivity contribution >= 4 is 11.8 Å². The second-order valence-electron chi connectivity index (χ2n) is 17.0. The zero-order valence-corrected chi connectivity index (χ0v) is 32.4. The maximum atomic E-state index is 14.1. The summed E-state index contributed by atoms with van der Waals surface area (Å²) in [6.45, 7) is 22.6. The van der Waals surface area contributed by atoms with Crippen molar-refractivity contribution < 1.29 is 48.2 Å². The number of ether oxygens (including phenoxy) is 6. The number of cyclic esters (lactones) is 1. The molecule has 2 N–H and O–H groups in total. The Morgan fingerprint density at radius 1 is 0.959 bits per heavy atom. The Balaban J connectivity index is 1.84. The molecule has 2 bridgehead atoms. The molecule has 3 saturated heterocycles. The van der Waals surface area contributed by atoms with E-state index in [0.29, 0.717) is 18.6 Å². The number of esters is 1. The number of hydrogen-bond acceptors (Lipinski definition) is 11. The van der Waals surface area contributed by atoms with Gasteiger partial charge in [-0.05, 0) is 86.4 Å². The molecule has 11 heteroatoms. The topological polar surface area (TPSA) is 133 Å². The van der Waals surface area contributed by atoms with E-state index in [1.807, 2.05) is 41.5 Å². The smallest absolute Gasteiger partial charge is 0.311 e. The standard InChI is InChI=1S/C38H65NO10/c1-15-27-38(12,43)31(40)22(5)29-19(2)17-37(11,49-29)33(48-35-21(4)26(39(13)14)16-20(3)44-35)23(6)30(24(7)34(42)46-27)47-28-18-36(9,10)32(41)25(8)45-28/h20-28,30,32-33,35,41,43H,15-18H2,1-14H3/t20-,21-,22+,23+,24-,25+,26+,27-,28+,30+,32+,33-,35+,37+,38-/m1/s1. The summed E-state index contributed by atoms with van der Waals surface area (Å²) in [4.78, 5) is 30.3. The zero-order valence-electron chi connectivity index (χ0n) is 32.4. The van der Waals surface area contributed by atoms with Crippen molar-refractivity contribution in [2.45, 2.75) is 175 Å². The molecule has 282 valence electrons. The van der Waals surface area contributed by atoms with E-state index >= 15 is 0 Å². The normalized spacial score (nSPS) is 46.8. The molecule has 15 atom stereocenters. The molecule has 0 radical (unpaired) electrons. The van der Waals surface area contributed by atoms with Crippen LogP contribution in [0.15, 0.2) is 11.3 Å². The molecule has 0 spiro atoms. The summed E-state index contributed by atoms with van der Waals surface area (Å²) >= 11 is 0. The van der Waals surface area contributed by atoms with Crippen molar-refractivity contribution in [3.63, 3.8) is 0 Å². The fourth-order valence-electron chi connectivity index (χ4n) is 8.92. The second kappa shape index (κ2) is 14.8. The first kappa shape index (κ1) is 40.2. The van der Waals surface area contributed by atoms with Gasteiger partial charge in [0.25, 0.3) is 0 Å². The summed E-state index contributed by atoms with van der Waals surface area (Å²) in [5.74, 6) is -2.70. The zero-order chi connectivity index (χ0) is 37.0. The molecule has 0 amide bonds. The summed E-state index contributed by atoms with van der Waals surface area (Å²) in [5, 5.41) is 22.5. The Morgan fingerprint density at radius 3 is 2.16 bits per heavy atom. The molecule has 49 heavy (non-hydrogen) atoms. The van der Waals surface area contributed by atoms with E-state index in [4.69, 9.17) is 28.4 Å². The molecule has 0 unspecified atom stereocenters. The fraction of sp³-hybridized carbons (Fsp3) is 0.895. The van der Waals surface area contributed by atoms with E-state index in [1.54, 1.807) is 20.8 Å². The number of ketones is 1. The Hall–Kier alpha value is -1.60. The Morgan fingerprint density at radius 2 is 1.59 bits per heavy atom. The minimum Gasteiger partial charge on any atom is -0.488 e. The van der Waals surface area contributed by atoms with Crippen LogP contribution in [0.5, 0.6) is 0 Å². The maximum absolute atomic E-state index is 14.1. The lowest BCUT2D eigenvalue weighted by Gasteiger charge is -2.49. The molecule has 0 saturated carbocycles. The number of rotatable bonds is 6. The molecule has 0 aromatic carbocycles. The summed E-state index contributed by atoms with van der Waals surface area (Å²) in [6, 6.07) is 0.212. The van der Waals surface area contributed by atoms with Gasteiger partial charge < -0.3 is 43.5 Å². The van der Waals surface area contributed by atoms with Gasteiger partial charge in [-0.2, -0.15) is 0 Å². The molecule has 0 aliphatic carbocycles. The van der Waals surface area contributed by atoms with Gasteiger partial charge in [-0.15, -0.1) is 0 Å². The maximum Gasteiger partial charge on any atom is 0.311 e. The first-order valence-electron chi connectivity index (χ1n) is 18.4. The van der Waals surface area contributed by atoms with Crippen molar-refractivity contribution in [2.24, 2.45) is 29.1 Å². The SMILES string of the molecule is CC[C@H]1OC(=O)[C@H](C)[C@@H](O[C@H]2CC(C)(C)[C@@H](O)[C@H](C)O2)[C@H](C)[C@@H](O[C@@H]2O[C@H](C)C[C@H](N(C)C)[C@H]2C)[C@]2(C)CC(C)=C(O2)[C@H](C)C(=O)[C@]1(C)O. The number of Topliss-reactive ketones (excluding diaryl/α,β-unsaturated/α-hetero) is 1. The van der Waals surface area contributed by atoms with Gasteiger partial charge in [-0.1, -0.05) is 34.6 Å². The number of fused-ring (bicyclic) bond motifs is 2. The predicted octanol–water partition coefficient (Wildman–Crippen LogP) is 5.00. The Labute approximate surface area is 294 Å². The van der Waals surface area contributed by atoms with E-state index in [0.717, 1.165) is 12.0 Å². The minimum atomic E-state index is -1.96. The van der Waals surface area contributed by atoms with Gasteiger partial charge in [0.2, 0.25) is 0 Å². The third-order valence-electron chi connectivity index (χ3n) is 11.9. The lowest BCUT2D eigenvalue weighted by atomic mass is 9.77. The number of aliphatic hydroxyl groups is 2. The van der Waals surface area contributed by atoms with Crippen LogP contribution in [-0.2, 0) is 38.0 Å². The van der Waals surface area contributed by atoms with E-state index in [-0.39, 0.29) is 24.5 Å². The van der Waals surface area contributed by atoms with Crippen molar-refractivity contribution in [1.82, 2.24) is 4.90 Å². The van der Waals surface area contributed by atoms with E-state index in [2.05, 4.69) is 32.8 Å². The van der Waals surface area contributed by atoms with Gasteiger partial charge in [-0.3, -0.25) is 9.59 Å². The fourth-order valence-corrected chi connectivity index (χ4v) is 8.92. The van der Waals surface area contributed by atoms with E-state index in [9.17, 15) is 19.8 Å². The van der Waals surface area contributed by atoms with Crippen LogP contribution < -0.4 is 0 Å². The predicted molar refractivity (Wildman–Crippen MR) is 184 cm³/mol. The largest absolute Gasteiger partial charge is 0.488 e. The Bertz CT molecular complexity index is 1230. The van der Waals surface area contributed by atoms with Crippen molar-refractivity contribution in [2.75, 3.05) is 14.1 Å². The molecule has 4 aliphatic rings. The van der Waals surface area contributed by atoms with E-state index < -0.39 is 89.2 Å². The number of nitrogens with zero attached hydrogens (tertiary/aromatic N) is 1. The monoisotopic (exact) mass is 695 g/mol. The van der Waals surface area contributed by atoms with Crippen LogP contribution in [0.3, 0.4) is 0 Å². The lowest BCUT2D eigenvalue weighted by molar-refractivity contribution is -0.303. The highest BCUT2D eigenvalue weighted by Gasteiger charge is 2.55. The third-order valence-corrected chi connectivity index (χ3v) is 11.9. The van der Waals surface area contributed by atoms with Crippen molar-refractivity contribution in [3.05, 3.63) is 11.3 Å². The van der Waals surface area contributed by atoms with Gasteiger partial charge in [0.1, 0.15) is 23.6 Å². The Kier molecular flexibility index (Phi) is 12.1. The average Bonchev–Trinajstić information content (AvgIpc) is 3.33. The molecular weight excluding hydrogens is 630 g/mol. The quantitative estimate of drug-likeness (QED) is 0.364. The lowest BCUT2D eigenvalue weighted by Crippen LogP contribution is -2.57. The van der Waals surface area contributed by atoms with Crippen LogP contribution in [0.4, 0.5) is 0 Å². The molecule has 11 nitrogen and oxygen atoms in total. The van der Waals surface area contributed by atoms with Gasteiger partial charge in [0.15, 0.2) is 24.0 Å². The van der Waals surface area contributed by atoms with Crippen molar-refractivity contribution in [3.8, 4) is 0 Å². The molecule has 4 rings (SSSR count). The molecule has 0 aromatic rings. The number of carbonyl (C=O) groups excluding carboxylic acids is 2. The van der Waals surface area contributed by atoms with Gasteiger partial charge in [0.05, 0.1) is 36.3 Å². The minimum absolute atomic E-state index is 0.00833. The van der Waals surface area contributed by atoms with E-state index in [1.165, 1.54) is 6.92 Å². The molecule has 0 aromatic heterocycles. The van der Waals surface area contributed by atoms with Crippen LogP contribution in [0.25, 0.3) is 0 Å².